The zero-order valence-corrected chi connectivity index (χ0v) is 17.6. The highest BCUT2D eigenvalue weighted by Gasteiger charge is 2.35. The van der Waals surface area contributed by atoms with Crippen LogP contribution in [0.1, 0.15) is 6.42 Å². The van der Waals surface area contributed by atoms with Crippen LogP contribution < -0.4 is 9.64 Å². The second kappa shape index (κ2) is 8.97. The van der Waals surface area contributed by atoms with Gasteiger partial charge in [-0.25, -0.2) is 9.97 Å². The number of aromatic nitrogens is 2. The fourth-order valence-corrected chi connectivity index (χ4v) is 3.83. The van der Waals surface area contributed by atoms with Crippen molar-refractivity contribution in [1.82, 2.24) is 14.9 Å². The van der Waals surface area contributed by atoms with E-state index in [4.69, 9.17) is 10.1 Å². The third-order valence-corrected chi connectivity index (χ3v) is 5.53. The Bertz CT molecular complexity index is 1040. The minimum atomic E-state index is -4.60. The van der Waals surface area contributed by atoms with Gasteiger partial charge in [-0.15, -0.1) is 0 Å². The van der Waals surface area contributed by atoms with Crippen molar-refractivity contribution in [2.45, 2.75) is 12.6 Å². The fourth-order valence-electron chi connectivity index (χ4n) is 3.83. The number of aliphatic imine (C=N–C) groups is 1. The largest absolute Gasteiger partial charge is 0.467 e. The average molecular weight is 444 g/mol. The highest BCUT2D eigenvalue weighted by Crippen LogP contribution is 2.31. The van der Waals surface area contributed by atoms with E-state index in [0.717, 1.165) is 48.7 Å². The van der Waals surface area contributed by atoms with Gasteiger partial charge in [0.1, 0.15) is 5.71 Å². The van der Waals surface area contributed by atoms with Gasteiger partial charge in [0.25, 0.3) is 0 Å². The highest BCUT2D eigenvalue weighted by molar-refractivity contribution is 6.11. The van der Waals surface area contributed by atoms with Crippen LogP contribution in [0.2, 0.25) is 0 Å². The molecule has 0 aliphatic carbocycles. The third-order valence-electron chi connectivity index (χ3n) is 5.53. The molecule has 0 bridgehead atoms. The predicted molar refractivity (Wildman–Crippen MR) is 117 cm³/mol. The molecule has 1 N–H and O–H groups in total. The summed E-state index contributed by atoms with van der Waals surface area (Å²) in [5.74, 6) is 0. The first-order valence-corrected chi connectivity index (χ1v) is 10.2. The number of para-hydroxylation sites is 1. The van der Waals surface area contributed by atoms with E-state index in [9.17, 15) is 13.2 Å². The lowest BCUT2D eigenvalue weighted by Gasteiger charge is -2.38. The van der Waals surface area contributed by atoms with Gasteiger partial charge >= 0.3 is 12.2 Å². The molecule has 3 heterocycles. The molecule has 2 aliphatic rings. The summed E-state index contributed by atoms with van der Waals surface area (Å²) < 4.78 is 42.9. The van der Waals surface area contributed by atoms with Crippen LogP contribution in [0, 0.1) is 5.41 Å². The molecule has 0 spiro atoms. The van der Waals surface area contributed by atoms with E-state index in [-0.39, 0.29) is 0 Å². The first kappa shape index (κ1) is 21.8. The maximum absolute atomic E-state index is 12.6. The Labute approximate surface area is 183 Å². The number of hydrogen-bond acceptors (Lipinski definition) is 7. The molecule has 1 aromatic carbocycles. The smallest absolute Gasteiger partial charge is 0.429 e. The van der Waals surface area contributed by atoms with Gasteiger partial charge in [-0.1, -0.05) is 18.2 Å². The molecule has 2 aliphatic heterocycles. The van der Waals surface area contributed by atoms with Gasteiger partial charge in [-0.05, 0) is 12.1 Å². The van der Waals surface area contributed by atoms with Gasteiger partial charge < -0.3 is 19.9 Å². The molecule has 0 saturated carbocycles. The number of allylic oxidation sites excluding steroid dienone is 1. The lowest BCUT2D eigenvalue weighted by atomic mass is 10.1. The maximum Gasteiger partial charge on any atom is 0.429 e. The van der Waals surface area contributed by atoms with Crippen LogP contribution in [0.3, 0.4) is 0 Å². The first-order chi connectivity index (χ1) is 15.3. The molecule has 0 unspecified atom stereocenters. The van der Waals surface area contributed by atoms with Crippen LogP contribution in [-0.2, 0) is 0 Å². The molecule has 2 aromatic rings. The van der Waals surface area contributed by atoms with E-state index >= 15 is 0 Å². The number of halogens is 3. The average Bonchev–Trinajstić information content (AvgIpc) is 3.27. The summed E-state index contributed by atoms with van der Waals surface area (Å²) in [7, 11) is 1.52. The Balaban J connectivity index is 1.41. The standard InChI is InChI=1S/C22H23F3N6O/c1-32-21-28-12-15(13-29-21)18-4-2-3-5-19(18)31-8-6-30(7-9-31)17-10-16(27-14-17)11-20(26)22(23,24)25/h2-5,10,12-13,26H,6-9,11,14H2,1H3. The van der Waals surface area contributed by atoms with Gasteiger partial charge in [-0.3, -0.25) is 4.99 Å². The number of alkyl halides is 3. The van der Waals surface area contributed by atoms with Gasteiger partial charge in [0, 0.05) is 73.2 Å². The summed E-state index contributed by atoms with van der Waals surface area (Å²) in [6.45, 7) is 3.36. The summed E-state index contributed by atoms with van der Waals surface area (Å²) in [6, 6.07) is 8.37. The Morgan fingerprint density at radius 2 is 1.72 bits per heavy atom. The number of hydrogen-bond donors (Lipinski definition) is 1. The molecule has 1 saturated heterocycles. The zero-order valence-electron chi connectivity index (χ0n) is 17.6. The Morgan fingerprint density at radius 3 is 2.38 bits per heavy atom. The van der Waals surface area contributed by atoms with E-state index in [2.05, 4.69) is 30.8 Å². The molecule has 32 heavy (non-hydrogen) atoms. The number of nitrogens with zero attached hydrogens (tertiary/aromatic N) is 5. The van der Waals surface area contributed by atoms with Crippen molar-refractivity contribution in [3.63, 3.8) is 0 Å². The molecular weight excluding hydrogens is 421 g/mol. The SMILES string of the molecule is COc1ncc(-c2ccccc2N2CCN(C3=CC(CC(=N)C(F)(F)F)=NC3)CC2)cn1. The monoisotopic (exact) mass is 444 g/mol. The summed E-state index contributed by atoms with van der Waals surface area (Å²) in [4.78, 5) is 17.0. The minimum absolute atomic E-state index is 0.314. The summed E-state index contributed by atoms with van der Waals surface area (Å²) in [5, 5.41) is 7.18. The van der Waals surface area contributed by atoms with Crippen LogP contribution in [0.4, 0.5) is 18.9 Å². The van der Waals surface area contributed by atoms with Crippen molar-refractivity contribution in [2.75, 3.05) is 44.7 Å². The molecule has 7 nitrogen and oxygen atoms in total. The maximum atomic E-state index is 12.6. The molecule has 10 heteroatoms. The van der Waals surface area contributed by atoms with E-state index in [0.29, 0.717) is 18.3 Å². The van der Waals surface area contributed by atoms with Crippen molar-refractivity contribution < 1.29 is 17.9 Å². The third kappa shape index (κ3) is 4.74. The first-order valence-electron chi connectivity index (χ1n) is 10.2. The van der Waals surface area contributed by atoms with Gasteiger partial charge in [-0.2, -0.15) is 13.2 Å². The molecule has 1 fully saturated rings. The quantitative estimate of drug-likeness (QED) is 0.689. The molecule has 0 amide bonds. The molecule has 168 valence electrons. The molecule has 1 aromatic heterocycles. The lowest BCUT2D eigenvalue weighted by Crippen LogP contribution is -2.46. The van der Waals surface area contributed by atoms with Gasteiger partial charge in [0.05, 0.1) is 13.7 Å². The van der Waals surface area contributed by atoms with Crippen LogP contribution in [0.15, 0.2) is 53.4 Å². The summed E-state index contributed by atoms with van der Waals surface area (Å²) >= 11 is 0. The number of nitrogens with one attached hydrogen (secondary N) is 1. The van der Waals surface area contributed by atoms with E-state index < -0.39 is 18.3 Å². The number of benzene rings is 1. The van der Waals surface area contributed by atoms with Crippen molar-refractivity contribution in [3.8, 4) is 17.1 Å². The second-order valence-electron chi connectivity index (χ2n) is 7.55. The number of methoxy groups -OCH3 is 1. The Kier molecular flexibility index (Phi) is 6.11. The Morgan fingerprint density at radius 1 is 1.06 bits per heavy atom. The molecule has 0 atom stereocenters. The van der Waals surface area contributed by atoms with Crippen LogP contribution in [-0.4, -0.2) is 72.3 Å². The van der Waals surface area contributed by atoms with Gasteiger partial charge in [0.2, 0.25) is 0 Å². The van der Waals surface area contributed by atoms with Crippen molar-refractivity contribution in [3.05, 3.63) is 48.4 Å². The van der Waals surface area contributed by atoms with Crippen molar-refractivity contribution in [2.24, 2.45) is 4.99 Å². The van der Waals surface area contributed by atoms with E-state index in [1.165, 1.54) is 7.11 Å². The Hall–Kier alpha value is -3.43. The summed E-state index contributed by atoms with van der Waals surface area (Å²) in [6.07, 6.45) is 0.0825. The fraction of sp³-hybridized carbons (Fsp3) is 0.364. The predicted octanol–water partition coefficient (Wildman–Crippen LogP) is 3.58. The number of anilines is 1. The number of rotatable bonds is 6. The summed E-state index contributed by atoms with van der Waals surface area (Å²) in [5.41, 5.74) is 2.96. The van der Waals surface area contributed by atoms with Crippen LogP contribution in [0.25, 0.3) is 11.1 Å². The zero-order chi connectivity index (χ0) is 22.7. The highest BCUT2D eigenvalue weighted by atomic mass is 19.4. The van der Waals surface area contributed by atoms with Crippen molar-refractivity contribution in [1.29, 1.82) is 5.41 Å². The number of piperazine rings is 1. The number of ether oxygens (including phenoxy) is 1. The van der Waals surface area contributed by atoms with E-state index in [1.807, 2.05) is 18.2 Å². The second-order valence-corrected chi connectivity index (χ2v) is 7.55. The molecule has 4 rings (SSSR count). The minimum Gasteiger partial charge on any atom is -0.467 e. The lowest BCUT2D eigenvalue weighted by molar-refractivity contribution is -0.0605. The molecular formula is C22H23F3N6O. The molecule has 0 radical (unpaired) electrons. The van der Waals surface area contributed by atoms with E-state index in [1.54, 1.807) is 18.5 Å². The van der Waals surface area contributed by atoms with Gasteiger partial charge in [0.15, 0.2) is 0 Å². The van der Waals surface area contributed by atoms with Crippen LogP contribution >= 0.6 is 0 Å². The normalized spacial score (nSPS) is 16.6. The topological polar surface area (TPSA) is 77.7 Å². The van der Waals surface area contributed by atoms with Crippen molar-refractivity contribution >= 4 is 17.1 Å². The van der Waals surface area contributed by atoms with Crippen LogP contribution in [0.5, 0.6) is 6.01 Å².